The van der Waals surface area contributed by atoms with E-state index < -0.39 is 5.91 Å². The first-order valence-corrected chi connectivity index (χ1v) is 8.10. The second-order valence-corrected chi connectivity index (χ2v) is 5.93. The first kappa shape index (κ1) is 17.4. The molecule has 6 nitrogen and oxygen atoms in total. The van der Waals surface area contributed by atoms with E-state index in [1.807, 2.05) is 25.1 Å². The van der Waals surface area contributed by atoms with E-state index >= 15 is 0 Å². The Kier molecular flexibility index (Phi) is 5.11. The third-order valence-corrected chi connectivity index (χ3v) is 4.00. The molecule has 0 aliphatic rings. The van der Waals surface area contributed by atoms with Gasteiger partial charge in [-0.1, -0.05) is 23.7 Å². The molecule has 1 aromatic heterocycles. The summed E-state index contributed by atoms with van der Waals surface area (Å²) in [6.45, 7) is 1.92. The zero-order chi connectivity index (χ0) is 18.5. The molecule has 0 fully saturated rings. The van der Waals surface area contributed by atoms with Gasteiger partial charge >= 0.3 is 0 Å². The van der Waals surface area contributed by atoms with Crippen LogP contribution in [-0.4, -0.2) is 15.9 Å². The van der Waals surface area contributed by atoms with Crippen LogP contribution in [-0.2, 0) is 0 Å². The molecule has 1 amide bonds. The van der Waals surface area contributed by atoms with Crippen LogP contribution in [0.5, 0.6) is 0 Å². The van der Waals surface area contributed by atoms with Crippen molar-refractivity contribution in [1.29, 1.82) is 5.26 Å². The van der Waals surface area contributed by atoms with Gasteiger partial charge in [0.1, 0.15) is 17.8 Å². The summed E-state index contributed by atoms with van der Waals surface area (Å²) in [5, 5.41) is 15.4. The van der Waals surface area contributed by atoms with Crippen molar-refractivity contribution in [3.05, 3.63) is 76.7 Å². The van der Waals surface area contributed by atoms with Crippen molar-refractivity contribution in [2.45, 2.75) is 6.92 Å². The summed E-state index contributed by atoms with van der Waals surface area (Å²) in [7, 11) is 0. The van der Waals surface area contributed by atoms with E-state index in [1.165, 1.54) is 12.4 Å². The van der Waals surface area contributed by atoms with Crippen LogP contribution < -0.4 is 10.6 Å². The first-order chi connectivity index (χ1) is 12.5. The number of aromatic nitrogens is 2. The first-order valence-electron chi connectivity index (χ1n) is 7.72. The van der Waals surface area contributed by atoms with Gasteiger partial charge in [0.25, 0.3) is 5.91 Å². The fourth-order valence-electron chi connectivity index (χ4n) is 2.23. The molecule has 1 heterocycles. The van der Waals surface area contributed by atoms with Crippen LogP contribution in [0, 0.1) is 18.3 Å². The molecule has 3 rings (SSSR count). The van der Waals surface area contributed by atoms with Gasteiger partial charge in [0.2, 0.25) is 0 Å². The number of nitrogens with one attached hydrogen (secondary N) is 2. The van der Waals surface area contributed by atoms with E-state index in [1.54, 1.807) is 30.3 Å². The Morgan fingerprint density at radius 2 is 1.96 bits per heavy atom. The fraction of sp³-hybridized carbons (Fsp3) is 0.0526. The molecular weight excluding hydrogens is 350 g/mol. The molecule has 2 N–H and O–H groups in total. The predicted octanol–water partition coefficient (Wildman–Crippen LogP) is 4.31. The van der Waals surface area contributed by atoms with E-state index in [9.17, 15) is 4.79 Å². The highest BCUT2D eigenvalue weighted by molar-refractivity contribution is 6.31. The van der Waals surface area contributed by atoms with E-state index in [2.05, 4.69) is 20.6 Å². The van der Waals surface area contributed by atoms with Crippen LogP contribution in [0.4, 0.5) is 17.2 Å². The Morgan fingerprint density at radius 1 is 1.12 bits per heavy atom. The highest BCUT2D eigenvalue weighted by Crippen LogP contribution is 2.22. The molecule has 0 saturated heterocycles. The third-order valence-electron chi connectivity index (χ3n) is 3.59. The van der Waals surface area contributed by atoms with Crippen molar-refractivity contribution in [2.24, 2.45) is 0 Å². The number of benzene rings is 2. The van der Waals surface area contributed by atoms with Crippen LogP contribution in [0.3, 0.4) is 0 Å². The zero-order valence-corrected chi connectivity index (χ0v) is 14.6. The molecule has 7 heteroatoms. The number of halogens is 1. The molecule has 0 aliphatic heterocycles. The minimum Gasteiger partial charge on any atom is -0.340 e. The fourth-order valence-corrected chi connectivity index (χ4v) is 2.41. The van der Waals surface area contributed by atoms with Crippen LogP contribution in [0.25, 0.3) is 0 Å². The Balaban J connectivity index is 1.76. The standard InChI is InChI=1S/C19H14ClN5O/c1-12-5-6-15(8-16(12)20)24-18-9-17(22-11-23-18)19(26)25-14-4-2-3-13(7-14)10-21/h2-9,11H,1H3,(H,25,26)(H,22,23,24). The molecule has 128 valence electrons. The average Bonchev–Trinajstić information content (AvgIpc) is 2.65. The number of carbonyl (C=O) groups excluding carboxylic acids is 1. The van der Waals surface area contributed by atoms with Gasteiger partial charge in [0, 0.05) is 22.5 Å². The lowest BCUT2D eigenvalue weighted by molar-refractivity contribution is 0.102. The molecule has 0 bridgehead atoms. The second-order valence-electron chi connectivity index (χ2n) is 5.52. The van der Waals surface area contributed by atoms with Gasteiger partial charge in [-0.3, -0.25) is 4.79 Å². The van der Waals surface area contributed by atoms with E-state index in [0.29, 0.717) is 22.1 Å². The summed E-state index contributed by atoms with van der Waals surface area (Å²) >= 11 is 6.12. The van der Waals surface area contributed by atoms with Crippen molar-refractivity contribution < 1.29 is 4.79 Å². The maximum atomic E-state index is 12.4. The quantitative estimate of drug-likeness (QED) is 0.720. The lowest BCUT2D eigenvalue weighted by Gasteiger charge is -2.09. The zero-order valence-electron chi connectivity index (χ0n) is 13.8. The normalized spacial score (nSPS) is 10.0. The number of anilines is 3. The van der Waals surface area contributed by atoms with Crippen molar-refractivity contribution in [2.75, 3.05) is 10.6 Å². The number of nitrogens with zero attached hydrogens (tertiary/aromatic N) is 3. The van der Waals surface area contributed by atoms with Crippen molar-refractivity contribution in [1.82, 2.24) is 9.97 Å². The second kappa shape index (κ2) is 7.64. The predicted molar refractivity (Wildman–Crippen MR) is 101 cm³/mol. The van der Waals surface area contributed by atoms with Gasteiger partial charge in [-0.05, 0) is 42.8 Å². The van der Waals surface area contributed by atoms with Gasteiger partial charge in [-0.25, -0.2) is 9.97 Å². The number of nitriles is 1. The molecule has 0 saturated carbocycles. The summed E-state index contributed by atoms with van der Waals surface area (Å²) in [6, 6.07) is 15.8. The van der Waals surface area contributed by atoms with Gasteiger partial charge in [-0.2, -0.15) is 5.26 Å². The van der Waals surface area contributed by atoms with Crippen LogP contribution in [0.15, 0.2) is 54.9 Å². The molecule has 0 radical (unpaired) electrons. The van der Waals surface area contributed by atoms with Crippen molar-refractivity contribution >= 4 is 34.7 Å². The molecule has 0 aliphatic carbocycles. The molecule has 2 aromatic carbocycles. The Morgan fingerprint density at radius 3 is 2.73 bits per heavy atom. The summed E-state index contributed by atoms with van der Waals surface area (Å²) in [5.74, 6) is 0.0725. The van der Waals surface area contributed by atoms with Crippen molar-refractivity contribution in [3.8, 4) is 6.07 Å². The molecule has 3 aromatic rings. The van der Waals surface area contributed by atoms with Crippen LogP contribution in [0.2, 0.25) is 5.02 Å². The maximum Gasteiger partial charge on any atom is 0.274 e. The summed E-state index contributed by atoms with van der Waals surface area (Å²) in [5.41, 5.74) is 2.91. The molecule has 0 atom stereocenters. The number of aryl methyl sites for hydroxylation is 1. The van der Waals surface area contributed by atoms with Gasteiger partial charge in [0.05, 0.1) is 11.6 Å². The average molecular weight is 364 g/mol. The Bertz CT molecular complexity index is 1010. The van der Waals surface area contributed by atoms with Gasteiger partial charge in [0.15, 0.2) is 0 Å². The summed E-state index contributed by atoms with van der Waals surface area (Å²) in [6.07, 6.45) is 1.30. The number of hydrogen-bond acceptors (Lipinski definition) is 5. The SMILES string of the molecule is Cc1ccc(Nc2cc(C(=O)Nc3cccc(C#N)c3)ncn2)cc1Cl. The topological polar surface area (TPSA) is 90.7 Å². The lowest BCUT2D eigenvalue weighted by atomic mass is 10.2. The van der Waals surface area contributed by atoms with E-state index in [4.69, 9.17) is 16.9 Å². The molecule has 0 unspecified atom stereocenters. The minimum absolute atomic E-state index is 0.197. The molecule has 26 heavy (non-hydrogen) atoms. The highest BCUT2D eigenvalue weighted by atomic mass is 35.5. The Labute approximate surface area is 155 Å². The van der Waals surface area contributed by atoms with E-state index in [0.717, 1.165) is 11.3 Å². The number of carbonyl (C=O) groups is 1. The molecule has 0 spiro atoms. The van der Waals surface area contributed by atoms with Gasteiger partial charge in [-0.15, -0.1) is 0 Å². The van der Waals surface area contributed by atoms with Crippen molar-refractivity contribution in [3.63, 3.8) is 0 Å². The molecular formula is C19H14ClN5O. The smallest absolute Gasteiger partial charge is 0.274 e. The Hall–Kier alpha value is -3.43. The van der Waals surface area contributed by atoms with E-state index in [-0.39, 0.29) is 5.69 Å². The summed E-state index contributed by atoms with van der Waals surface area (Å²) < 4.78 is 0. The third kappa shape index (κ3) is 4.15. The maximum absolute atomic E-state index is 12.4. The summed E-state index contributed by atoms with van der Waals surface area (Å²) in [4.78, 5) is 20.5. The highest BCUT2D eigenvalue weighted by Gasteiger charge is 2.10. The lowest BCUT2D eigenvalue weighted by Crippen LogP contribution is -2.14. The minimum atomic E-state index is -0.396. The number of hydrogen-bond donors (Lipinski definition) is 2. The monoisotopic (exact) mass is 363 g/mol. The number of amides is 1. The van der Waals surface area contributed by atoms with Gasteiger partial charge < -0.3 is 10.6 Å². The van der Waals surface area contributed by atoms with Crippen LogP contribution >= 0.6 is 11.6 Å². The number of rotatable bonds is 4. The van der Waals surface area contributed by atoms with Crippen LogP contribution in [0.1, 0.15) is 21.6 Å². The largest absolute Gasteiger partial charge is 0.340 e.